The molecule has 32 heavy (non-hydrogen) atoms. The lowest BCUT2D eigenvalue weighted by atomic mass is 9.97. The number of pyridine rings is 2. The van der Waals surface area contributed by atoms with Crippen molar-refractivity contribution in [3.8, 4) is 0 Å². The van der Waals surface area contributed by atoms with Crippen LogP contribution in [-0.2, 0) is 16.1 Å². The van der Waals surface area contributed by atoms with E-state index in [-0.39, 0.29) is 24.6 Å². The number of esters is 1. The molecule has 1 aliphatic rings. The van der Waals surface area contributed by atoms with E-state index in [4.69, 9.17) is 17.0 Å². The molecule has 0 aliphatic carbocycles. The Morgan fingerprint density at radius 1 is 1.22 bits per heavy atom. The van der Waals surface area contributed by atoms with Gasteiger partial charge in [-0.3, -0.25) is 14.8 Å². The standard InChI is InChI=1S/C24H27N5O2S/c1-4-31-21(30)15-29-23(22(27-24(29)32)20-9-5-6-11-26-20)19-12-16(2)28(17(19)3)14-18-8-7-10-25-13-18/h5-13,22-23H,4,14-15H2,1-3H3,(H,27,32). The monoisotopic (exact) mass is 449 g/mol. The molecule has 4 rings (SSSR count). The number of nitrogens with zero attached hydrogens (tertiary/aromatic N) is 4. The van der Waals surface area contributed by atoms with Crippen LogP contribution < -0.4 is 5.32 Å². The van der Waals surface area contributed by atoms with Crippen molar-refractivity contribution in [3.05, 3.63) is 83.2 Å². The van der Waals surface area contributed by atoms with Crippen LogP contribution >= 0.6 is 12.2 Å². The highest BCUT2D eigenvalue weighted by molar-refractivity contribution is 7.80. The number of carbonyl (C=O) groups excluding carboxylic acids is 1. The third-order valence-electron chi connectivity index (χ3n) is 5.80. The molecule has 0 saturated carbocycles. The van der Waals surface area contributed by atoms with Gasteiger partial charge in [-0.1, -0.05) is 12.1 Å². The highest BCUT2D eigenvalue weighted by atomic mass is 32.1. The molecular formula is C24H27N5O2S. The van der Waals surface area contributed by atoms with E-state index in [1.54, 1.807) is 19.3 Å². The fourth-order valence-corrected chi connectivity index (χ4v) is 4.61. The highest BCUT2D eigenvalue weighted by Crippen LogP contribution is 2.40. The minimum absolute atomic E-state index is 0.0833. The van der Waals surface area contributed by atoms with Crippen LogP contribution in [0.25, 0.3) is 0 Å². The second-order valence-electron chi connectivity index (χ2n) is 7.83. The van der Waals surface area contributed by atoms with Crippen LogP contribution in [0.2, 0.25) is 0 Å². The van der Waals surface area contributed by atoms with Crippen LogP contribution in [0.3, 0.4) is 0 Å². The van der Waals surface area contributed by atoms with Gasteiger partial charge in [0.2, 0.25) is 0 Å². The van der Waals surface area contributed by atoms with Gasteiger partial charge in [0.1, 0.15) is 6.54 Å². The van der Waals surface area contributed by atoms with Crippen LogP contribution in [0.5, 0.6) is 0 Å². The molecule has 8 heteroatoms. The van der Waals surface area contributed by atoms with E-state index < -0.39 is 0 Å². The first kappa shape index (κ1) is 22.0. The Kier molecular flexibility index (Phi) is 6.50. The van der Waals surface area contributed by atoms with Crippen LogP contribution in [-0.4, -0.2) is 43.7 Å². The number of hydrogen-bond acceptors (Lipinski definition) is 5. The zero-order chi connectivity index (χ0) is 22.7. The number of carbonyl (C=O) groups is 1. The van der Waals surface area contributed by atoms with Gasteiger partial charge >= 0.3 is 5.97 Å². The number of aromatic nitrogens is 3. The zero-order valence-corrected chi connectivity index (χ0v) is 19.3. The Labute approximate surface area is 193 Å². The summed E-state index contributed by atoms with van der Waals surface area (Å²) in [6.45, 7) is 7.15. The molecule has 4 heterocycles. The van der Waals surface area contributed by atoms with Gasteiger partial charge in [-0.25, -0.2) is 0 Å². The average Bonchev–Trinajstić information content (AvgIpc) is 3.26. The lowest BCUT2D eigenvalue weighted by Crippen LogP contribution is -2.35. The topological polar surface area (TPSA) is 72.3 Å². The maximum atomic E-state index is 12.4. The summed E-state index contributed by atoms with van der Waals surface area (Å²) in [4.78, 5) is 23.1. The predicted molar refractivity (Wildman–Crippen MR) is 126 cm³/mol. The van der Waals surface area contributed by atoms with Gasteiger partial charge in [0.15, 0.2) is 5.11 Å². The van der Waals surface area contributed by atoms with Crippen LogP contribution in [0.1, 0.15) is 47.2 Å². The molecule has 1 aliphatic heterocycles. The summed E-state index contributed by atoms with van der Waals surface area (Å²) < 4.78 is 7.49. The Morgan fingerprint density at radius 3 is 2.75 bits per heavy atom. The summed E-state index contributed by atoms with van der Waals surface area (Å²) >= 11 is 5.65. The van der Waals surface area contributed by atoms with Gasteiger partial charge in [0, 0.05) is 36.5 Å². The Balaban J connectivity index is 1.74. The molecule has 2 unspecified atom stereocenters. The Bertz CT molecular complexity index is 1100. The van der Waals surface area contributed by atoms with E-state index in [2.05, 4.69) is 45.8 Å². The average molecular weight is 450 g/mol. The Hall–Kier alpha value is -3.26. The van der Waals surface area contributed by atoms with Crippen LogP contribution in [0.4, 0.5) is 0 Å². The van der Waals surface area contributed by atoms with Gasteiger partial charge in [-0.05, 0) is 68.4 Å². The van der Waals surface area contributed by atoms with Crippen molar-refractivity contribution in [2.24, 2.45) is 0 Å². The largest absolute Gasteiger partial charge is 0.465 e. The van der Waals surface area contributed by atoms with E-state index in [9.17, 15) is 4.79 Å². The van der Waals surface area contributed by atoms with Gasteiger partial charge in [0.05, 0.1) is 24.4 Å². The summed E-state index contributed by atoms with van der Waals surface area (Å²) in [6.07, 6.45) is 5.44. The molecule has 0 bridgehead atoms. The number of rotatable bonds is 7. The van der Waals surface area contributed by atoms with Crippen molar-refractivity contribution >= 4 is 23.3 Å². The molecule has 0 amide bonds. The lowest BCUT2D eigenvalue weighted by Gasteiger charge is -2.27. The van der Waals surface area contributed by atoms with Gasteiger partial charge in [-0.15, -0.1) is 0 Å². The minimum Gasteiger partial charge on any atom is -0.465 e. The number of thiocarbonyl (C=S) groups is 1. The van der Waals surface area contributed by atoms with Crippen molar-refractivity contribution in [2.75, 3.05) is 13.2 Å². The third kappa shape index (κ3) is 4.36. The van der Waals surface area contributed by atoms with E-state index in [0.29, 0.717) is 11.7 Å². The van der Waals surface area contributed by atoms with Crippen molar-refractivity contribution in [3.63, 3.8) is 0 Å². The summed E-state index contributed by atoms with van der Waals surface area (Å²) in [5.74, 6) is -0.299. The molecule has 166 valence electrons. The molecule has 2 atom stereocenters. The SMILES string of the molecule is CCOC(=O)CN1C(=S)NC(c2ccccn2)C1c1cc(C)n(Cc2cccnc2)c1C. The van der Waals surface area contributed by atoms with Gasteiger partial charge in [0.25, 0.3) is 0 Å². The third-order valence-corrected chi connectivity index (χ3v) is 6.15. The zero-order valence-electron chi connectivity index (χ0n) is 18.5. The van der Waals surface area contributed by atoms with Gasteiger partial charge in [-0.2, -0.15) is 0 Å². The van der Waals surface area contributed by atoms with Crippen molar-refractivity contribution in [1.29, 1.82) is 0 Å². The summed E-state index contributed by atoms with van der Waals surface area (Å²) in [7, 11) is 0. The summed E-state index contributed by atoms with van der Waals surface area (Å²) in [5, 5.41) is 3.91. The molecule has 1 saturated heterocycles. The predicted octanol–water partition coefficient (Wildman–Crippen LogP) is 3.48. The van der Waals surface area contributed by atoms with Crippen LogP contribution in [0.15, 0.2) is 55.0 Å². The first-order valence-corrected chi connectivity index (χ1v) is 11.1. The maximum absolute atomic E-state index is 12.4. The minimum atomic E-state index is -0.299. The summed E-state index contributed by atoms with van der Waals surface area (Å²) in [5.41, 5.74) is 5.38. The molecule has 3 aromatic rings. The second kappa shape index (κ2) is 9.48. The number of ether oxygens (including phenoxy) is 1. The van der Waals surface area contributed by atoms with Gasteiger partial charge < -0.3 is 19.5 Å². The van der Waals surface area contributed by atoms with E-state index in [1.807, 2.05) is 35.4 Å². The molecule has 3 aromatic heterocycles. The fraction of sp³-hybridized carbons (Fsp3) is 0.333. The first-order valence-electron chi connectivity index (χ1n) is 10.7. The van der Waals surface area contributed by atoms with E-state index in [0.717, 1.165) is 34.8 Å². The number of hydrogen-bond donors (Lipinski definition) is 1. The second-order valence-corrected chi connectivity index (χ2v) is 8.22. The highest BCUT2D eigenvalue weighted by Gasteiger charge is 2.42. The normalized spacial score (nSPS) is 18.0. The Morgan fingerprint density at radius 2 is 2.06 bits per heavy atom. The van der Waals surface area contributed by atoms with Crippen molar-refractivity contribution in [2.45, 2.75) is 39.4 Å². The molecule has 7 nitrogen and oxygen atoms in total. The van der Waals surface area contributed by atoms with Crippen molar-refractivity contribution < 1.29 is 9.53 Å². The molecule has 1 N–H and O–H groups in total. The maximum Gasteiger partial charge on any atom is 0.325 e. The summed E-state index contributed by atoms with van der Waals surface area (Å²) in [6, 6.07) is 11.7. The number of nitrogens with one attached hydrogen (secondary N) is 1. The van der Waals surface area contributed by atoms with E-state index >= 15 is 0 Å². The molecule has 0 spiro atoms. The molecule has 0 radical (unpaired) electrons. The van der Waals surface area contributed by atoms with E-state index in [1.165, 1.54) is 0 Å². The van der Waals surface area contributed by atoms with Crippen LogP contribution in [0, 0.1) is 13.8 Å². The van der Waals surface area contributed by atoms with Crippen molar-refractivity contribution in [1.82, 2.24) is 24.8 Å². The molecule has 1 fully saturated rings. The first-order chi connectivity index (χ1) is 15.5. The fourth-order valence-electron chi connectivity index (χ4n) is 4.30. The lowest BCUT2D eigenvalue weighted by molar-refractivity contribution is -0.143. The number of aryl methyl sites for hydroxylation is 1. The molecule has 0 aromatic carbocycles. The quantitative estimate of drug-likeness (QED) is 0.437. The smallest absolute Gasteiger partial charge is 0.325 e. The molecular weight excluding hydrogens is 422 g/mol.